The lowest BCUT2D eigenvalue weighted by atomic mass is 10.5. The summed E-state index contributed by atoms with van der Waals surface area (Å²) in [7, 11) is 0. The monoisotopic (exact) mass is 314 g/mol. The van der Waals surface area contributed by atoms with E-state index in [4.69, 9.17) is 0 Å². The van der Waals surface area contributed by atoms with E-state index in [1.165, 1.54) is 23.2 Å². The van der Waals surface area contributed by atoms with Gasteiger partial charge in [-0.15, -0.1) is 0 Å². The molecule has 0 fully saturated rings. The van der Waals surface area contributed by atoms with Gasteiger partial charge in [0.15, 0.2) is 0 Å². The van der Waals surface area contributed by atoms with Gasteiger partial charge in [-0.3, -0.25) is 14.2 Å². The number of hydrazone groups is 1. The van der Waals surface area contributed by atoms with Crippen molar-refractivity contribution in [2.24, 2.45) is 5.10 Å². The molecule has 7 nitrogen and oxygen atoms in total. The second-order valence-corrected chi connectivity index (χ2v) is 4.48. The molecule has 0 aliphatic rings. The quantitative estimate of drug-likeness (QED) is 0.663. The first-order valence-electron chi connectivity index (χ1n) is 6.24. The number of carbonyl (C=O) groups excluding carboxylic acids is 1. The van der Waals surface area contributed by atoms with Gasteiger partial charge in [-0.1, -0.05) is 0 Å². The van der Waals surface area contributed by atoms with E-state index >= 15 is 0 Å². The Balaban J connectivity index is 1.85. The molecule has 1 amide bonds. The summed E-state index contributed by atoms with van der Waals surface area (Å²) >= 11 is 0. The number of nitrogens with zero attached hydrogens (tertiary/aromatic N) is 5. The lowest BCUT2D eigenvalue weighted by molar-refractivity contribution is -0.142. The Morgan fingerprint density at radius 3 is 2.86 bits per heavy atom. The average molecular weight is 314 g/mol. The third kappa shape index (κ3) is 4.72. The molecule has 2 aromatic heterocycles. The second-order valence-electron chi connectivity index (χ2n) is 4.48. The number of rotatable bonds is 5. The van der Waals surface area contributed by atoms with Gasteiger partial charge in [0.1, 0.15) is 18.8 Å². The van der Waals surface area contributed by atoms with Crippen LogP contribution >= 0.6 is 0 Å². The van der Waals surface area contributed by atoms with Gasteiger partial charge in [0.2, 0.25) is 0 Å². The van der Waals surface area contributed by atoms with Crippen molar-refractivity contribution >= 4 is 12.1 Å². The normalized spacial score (nSPS) is 12.0. The minimum absolute atomic E-state index is 0.00130. The van der Waals surface area contributed by atoms with Crippen LogP contribution in [-0.2, 0) is 17.9 Å². The van der Waals surface area contributed by atoms with E-state index in [1.807, 2.05) is 0 Å². The van der Waals surface area contributed by atoms with Crippen LogP contribution in [0.5, 0.6) is 0 Å². The highest BCUT2D eigenvalue weighted by molar-refractivity contribution is 5.80. The molecule has 0 spiro atoms. The predicted molar refractivity (Wildman–Crippen MR) is 71.0 cm³/mol. The third-order valence-corrected chi connectivity index (χ3v) is 2.61. The molecule has 0 unspecified atom stereocenters. The van der Waals surface area contributed by atoms with Crippen LogP contribution in [0.25, 0.3) is 0 Å². The summed E-state index contributed by atoms with van der Waals surface area (Å²) in [5, 5.41) is 11.2. The van der Waals surface area contributed by atoms with Crippen LogP contribution in [0.3, 0.4) is 0 Å². The van der Waals surface area contributed by atoms with Gasteiger partial charge < -0.3 is 0 Å². The Morgan fingerprint density at radius 1 is 1.45 bits per heavy atom. The van der Waals surface area contributed by atoms with Gasteiger partial charge in [0, 0.05) is 18.1 Å². The van der Waals surface area contributed by atoms with Crippen molar-refractivity contribution in [1.29, 1.82) is 0 Å². The molecule has 0 atom stereocenters. The molecule has 22 heavy (non-hydrogen) atoms. The number of hydrogen-bond donors (Lipinski definition) is 1. The molecule has 0 aliphatic heterocycles. The number of amides is 1. The zero-order chi connectivity index (χ0) is 16.2. The average Bonchev–Trinajstić information content (AvgIpc) is 2.98. The smallest absolute Gasteiger partial charge is 0.271 e. The number of nitrogens with one attached hydrogen (secondary N) is 1. The minimum Gasteiger partial charge on any atom is -0.271 e. The largest absolute Gasteiger partial charge is 0.408 e. The summed E-state index contributed by atoms with van der Waals surface area (Å²) < 4.78 is 38.7. The Labute approximate surface area is 123 Å². The topological polar surface area (TPSA) is 77.1 Å². The van der Waals surface area contributed by atoms with E-state index in [9.17, 15) is 18.0 Å². The fourth-order valence-electron chi connectivity index (χ4n) is 1.62. The first kappa shape index (κ1) is 15.7. The van der Waals surface area contributed by atoms with Crippen LogP contribution in [0.4, 0.5) is 13.2 Å². The summed E-state index contributed by atoms with van der Waals surface area (Å²) in [6.07, 6.45) is -0.417. The van der Waals surface area contributed by atoms with Gasteiger partial charge >= 0.3 is 6.18 Å². The van der Waals surface area contributed by atoms with Crippen molar-refractivity contribution in [2.45, 2.75) is 26.2 Å². The number of aryl methyl sites for hydroxylation is 1. The third-order valence-electron chi connectivity index (χ3n) is 2.61. The first-order chi connectivity index (χ1) is 10.3. The number of aromatic nitrogens is 4. The van der Waals surface area contributed by atoms with Crippen LogP contribution in [-0.4, -0.2) is 37.9 Å². The molecule has 10 heteroatoms. The fraction of sp³-hybridized carbons (Fsp3) is 0.333. The van der Waals surface area contributed by atoms with Gasteiger partial charge in [-0.05, 0) is 19.1 Å². The van der Waals surface area contributed by atoms with E-state index in [-0.39, 0.29) is 12.2 Å². The Kier molecular flexibility index (Phi) is 4.59. The Hall–Kier alpha value is -2.65. The Bertz CT molecular complexity index is 672. The number of hydrogen-bond acceptors (Lipinski definition) is 4. The molecular formula is C12H13F3N6O. The maximum absolute atomic E-state index is 12.2. The Morgan fingerprint density at radius 2 is 2.23 bits per heavy atom. The molecule has 0 saturated heterocycles. The van der Waals surface area contributed by atoms with Crippen molar-refractivity contribution in [1.82, 2.24) is 25.0 Å². The van der Waals surface area contributed by atoms with Crippen LogP contribution in [0.1, 0.15) is 11.4 Å². The van der Waals surface area contributed by atoms with E-state index in [2.05, 4.69) is 20.7 Å². The molecule has 0 aromatic carbocycles. The van der Waals surface area contributed by atoms with Gasteiger partial charge in [0.25, 0.3) is 5.91 Å². The van der Waals surface area contributed by atoms with Crippen molar-refractivity contribution in [3.63, 3.8) is 0 Å². The standard InChI is InChI=1S/C12H13F3N6O/c1-9-2-4-17-21(9)7-11(22)18-16-6-10-3-5-20(19-10)8-12(13,14)15/h2-6H,7-8H2,1H3,(H,18,22). The molecule has 0 radical (unpaired) electrons. The van der Waals surface area contributed by atoms with E-state index in [0.29, 0.717) is 0 Å². The lowest BCUT2D eigenvalue weighted by Crippen LogP contribution is -2.24. The summed E-state index contributed by atoms with van der Waals surface area (Å²) in [6.45, 7) is 0.626. The van der Waals surface area contributed by atoms with Crippen molar-refractivity contribution in [3.05, 3.63) is 35.9 Å². The molecule has 118 valence electrons. The summed E-state index contributed by atoms with van der Waals surface area (Å²) in [5.74, 6) is -0.405. The van der Waals surface area contributed by atoms with Crippen molar-refractivity contribution < 1.29 is 18.0 Å². The van der Waals surface area contributed by atoms with Gasteiger partial charge in [-0.25, -0.2) is 5.43 Å². The molecule has 2 heterocycles. The molecular weight excluding hydrogens is 301 g/mol. The summed E-state index contributed by atoms with van der Waals surface area (Å²) in [6, 6.07) is 3.11. The van der Waals surface area contributed by atoms with E-state index < -0.39 is 18.6 Å². The van der Waals surface area contributed by atoms with Crippen molar-refractivity contribution in [3.8, 4) is 0 Å². The van der Waals surface area contributed by atoms with Crippen LogP contribution < -0.4 is 5.43 Å². The number of halogens is 3. The molecule has 2 rings (SSSR count). The zero-order valence-electron chi connectivity index (χ0n) is 11.6. The van der Waals surface area contributed by atoms with Crippen molar-refractivity contribution in [2.75, 3.05) is 0 Å². The number of carbonyl (C=O) groups is 1. The lowest BCUT2D eigenvalue weighted by Gasteiger charge is -2.04. The molecule has 0 aliphatic carbocycles. The van der Waals surface area contributed by atoms with Crippen LogP contribution in [0.2, 0.25) is 0 Å². The van der Waals surface area contributed by atoms with Gasteiger partial charge in [-0.2, -0.15) is 28.5 Å². The van der Waals surface area contributed by atoms with Crippen LogP contribution in [0.15, 0.2) is 29.6 Å². The molecule has 0 saturated carbocycles. The fourth-order valence-corrected chi connectivity index (χ4v) is 1.62. The van der Waals surface area contributed by atoms with E-state index in [1.54, 1.807) is 19.2 Å². The SMILES string of the molecule is Cc1ccnn1CC(=O)NN=Cc1ccn(CC(F)(F)F)n1. The maximum atomic E-state index is 12.2. The predicted octanol–water partition coefficient (Wildman–Crippen LogP) is 1.10. The number of alkyl halides is 3. The first-order valence-corrected chi connectivity index (χ1v) is 6.24. The van der Waals surface area contributed by atoms with E-state index in [0.717, 1.165) is 10.4 Å². The molecule has 2 aromatic rings. The summed E-state index contributed by atoms with van der Waals surface area (Å²) in [5.41, 5.74) is 3.28. The highest BCUT2D eigenvalue weighted by Gasteiger charge is 2.28. The van der Waals surface area contributed by atoms with Gasteiger partial charge in [0.05, 0.1) is 6.21 Å². The molecule has 0 bridgehead atoms. The maximum Gasteiger partial charge on any atom is 0.408 e. The zero-order valence-corrected chi connectivity index (χ0v) is 11.6. The second kappa shape index (κ2) is 6.41. The highest BCUT2D eigenvalue weighted by atomic mass is 19.4. The van der Waals surface area contributed by atoms with Crippen LogP contribution in [0, 0.1) is 6.92 Å². The highest BCUT2D eigenvalue weighted by Crippen LogP contribution is 2.16. The minimum atomic E-state index is -4.34. The summed E-state index contributed by atoms with van der Waals surface area (Å²) in [4.78, 5) is 11.6. The molecule has 1 N–H and O–H groups in total.